The summed E-state index contributed by atoms with van der Waals surface area (Å²) in [6.45, 7) is 16.3. The number of carbonyl (C=O) groups excluding carboxylic acids is 1. The molecule has 0 bridgehead atoms. The summed E-state index contributed by atoms with van der Waals surface area (Å²) in [6.07, 6.45) is 10.7. The third-order valence-corrected chi connectivity index (χ3v) is 10.5. The first-order valence-electron chi connectivity index (χ1n) is 13.1. The second-order valence-corrected chi connectivity index (χ2v) is 12.3. The van der Waals surface area contributed by atoms with Gasteiger partial charge in [0.2, 0.25) is 5.91 Å². The molecule has 8 atom stereocenters. The average Bonchev–Trinajstić information content (AvgIpc) is 3.10. The van der Waals surface area contributed by atoms with Crippen LogP contribution < -0.4 is 0 Å². The summed E-state index contributed by atoms with van der Waals surface area (Å²) in [5.41, 5.74) is 1.24. The Morgan fingerprint density at radius 3 is 2.47 bits per heavy atom. The highest BCUT2D eigenvalue weighted by Gasteiger charge is 2.58. The Morgan fingerprint density at radius 1 is 1.19 bits per heavy atom. The van der Waals surface area contributed by atoms with Gasteiger partial charge < -0.3 is 5.11 Å². The van der Waals surface area contributed by atoms with E-state index >= 15 is 0 Å². The molecule has 0 unspecified atom stereocenters. The molecule has 1 N–H and O–H groups in total. The van der Waals surface area contributed by atoms with Crippen LogP contribution >= 0.6 is 0 Å². The summed E-state index contributed by atoms with van der Waals surface area (Å²) < 4.78 is 0. The van der Waals surface area contributed by atoms with E-state index in [4.69, 9.17) is 4.84 Å². The van der Waals surface area contributed by atoms with Crippen LogP contribution in [0.3, 0.4) is 0 Å². The molecule has 0 saturated heterocycles. The van der Waals surface area contributed by atoms with E-state index in [1.807, 2.05) is 6.92 Å². The van der Waals surface area contributed by atoms with E-state index in [1.54, 1.807) is 14.2 Å². The van der Waals surface area contributed by atoms with Gasteiger partial charge >= 0.3 is 0 Å². The van der Waals surface area contributed by atoms with Crippen LogP contribution in [0.25, 0.3) is 0 Å². The van der Waals surface area contributed by atoms with Gasteiger partial charge in [-0.25, -0.2) is 5.06 Å². The average molecular weight is 448 g/mol. The lowest BCUT2D eigenvalue weighted by atomic mass is 9.48. The van der Waals surface area contributed by atoms with Gasteiger partial charge in [0.05, 0.1) is 12.7 Å². The van der Waals surface area contributed by atoms with E-state index in [9.17, 15) is 9.90 Å². The normalized spacial score (nSPS) is 43.1. The van der Waals surface area contributed by atoms with Crippen LogP contribution in [0.15, 0.2) is 12.2 Å². The van der Waals surface area contributed by atoms with Gasteiger partial charge in [0, 0.05) is 13.5 Å². The first-order valence-corrected chi connectivity index (χ1v) is 13.1. The molecule has 3 saturated carbocycles. The molecule has 1 amide bonds. The number of fused-ring (bicyclic) bond motifs is 1. The van der Waals surface area contributed by atoms with E-state index < -0.39 is 5.60 Å². The lowest BCUT2D eigenvalue weighted by molar-refractivity contribution is -0.169. The maximum atomic E-state index is 12.3. The molecule has 0 radical (unpaired) electrons. The van der Waals surface area contributed by atoms with Crippen LogP contribution in [0.4, 0.5) is 0 Å². The summed E-state index contributed by atoms with van der Waals surface area (Å²) in [6, 6.07) is 0. The monoisotopic (exact) mass is 447 g/mol. The van der Waals surface area contributed by atoms with Crippen LogP contribution in [0, 0.1) is 40.4 Å². The van der Waals surface area contributed by atoms with E-state index in [1.165, 1.54) is 42.7 Å². The van der Waals surface area contributed by atoms with Crippen molar-refractivity contribution in [1.29, 1.82) is 0 Å². The highest BCUT2D eigenvalue weighted by Crippen LogP contribution is 2.66. The predicted octanol–water partition coefficient (Wildman–Crippen LogP) is 6.39. The summed E-state index contributed by atoms with van der Waals surface area (Å²) in [4.78, 5) is 17.3. The van der Waals surface area contributed by atoms with Gasteiger partial charge in [-0.05, 0) is 98.7 Å². The summed E-state index contributed by atoms with van der Waals surface area (Å²) >= 11 is 0. The van der Waals surface area contributed by atoms with Crippen LogP contribution in [-0.4, -0.2) is 35.8 Å². The zero-order chi connectivity index (χ0) is 23.9. The van der Waals surface area contributed by atoms with Crippen LogP contribution in [0.2, 0.25) is 0 Å². The first-order chi connectivity index (χ1) is 14.9. The van der Waals surface area contributed by atoms with Gasteiger partial charge in [0.15, 0.2) is 0 Å². The molecule has 3 fully saturated rings. The van der Waals surface area contributed by atoms with Gasteiger partial charge in [0.25, 0.3) is 0 Å². The zero-order valence-electron chi connectivity index (χ0n) is 21.9. The van der Waals surface area contributed by atoms with Crippen LogP contribution in [0.5, 0.6) is 0 Å². The molecular formula is C28H49NO3. The van der Waals surface area contributed by atoms with Crippen molar-refractivity contribution in [2.75, 3.05) is 14.2 Å². The molecule has 0 aromatic heterocycles. The summed E-state index contributed by atoms with van der Waals surface area (Å²) in [5, 5.41) is 12.0. The number of aliphatic hydroxyl groups is 1. The molecule has 0 aromatic rings. The van der Waals surface area contributed by atoms with Crippen molar-refractivity contribution < 1.29 is 14.7 Å². The Hall–Kier alpha value is -0.870. The van der Waals surface area contributed by atoms with Crippen molar-refractivity contribution in [3.63, 3.8) is 0 Å². The van der Waals surface area contributed by atoms with Crippen molar-refractivity contribution in [2.45, 2.75) is 104 Å². The molecule has 3 aliphatic rings. The minimum absolute atomic E-state index is 0.0776. The molecule has 0 heterocycles. The quantitative estimate of drug-likeness (QED) is 0.363. The van der Waals surface area contributed by atoms with E-state index in [0.717, 1.165) is 37.5 Å². The van der Waals surface area contributed by atoms with Crippen molar-refractivity contribution >= 4 is 5.91 Å². The molecule has 4 nitrogen and oxygen atoms in total. The molecular weight excluding hydrogens is 398 g/mol. The third-order valence-electron chi connectivity index (χ3n) is 10.5. The molecule has 3 aliphatic carbocycles. The fourth-order valence-electron chi connectivity index (χ4n) is 8.34. The SMILES string of the molecule is C=C1C[C@@](C)(O)CC[C@]1(C)[C@H]1CC[C@]2(C)[C@@H]([C@H](C)CCC(=O)N(C)OC)CC[C@H]2[C@@H]1CC. The molecule has 184 valence electrons. The van der Waals surface area contributed by atoms with E-state index in [0.29, 0.717) is 29.6 Å². The maximum Gasteiger partial charge on any atom is 0.245 e. The zero-order valence-corrected chi connectivity index (χ0v) is 21.9. The number of hydroxylamine groups is 2. The number of amides is 1. The topological polar surface area (TPSA) is 49.8 Å². The Morgan fingerprint density at radius 2 is 1.88 bits per heavy atom. The Kier molecular flexibility index (Phi) is 7.57. The second kappa shape index (κ2) is 9.41. The number of rotatable bonds is 7. The molecule has 4 heteroatoms. The molecule has 32 heavy (non-hydrogen) atoms. The predicted molar refractivity (Wildman–Crippen MR) is 131 cm³/mol. The minimum atomic E-state index is -0.580. The highest BCUT2D eigenvalue weighted by molar-refractivity contribution is 5.74. The lowest BCUT2D eigenvalue weighted by Crippen LogP contribution is -2.50. The van der Waals surface area contributed by atoms with Crippen molar-refractivity contribution in [1.82, 2.24) is 5.06 Å². The van der Waals surface area contributed by atoms with Crippen LogP contribution in [-0.2, 0) is 9.63 Å². The Balaban J connectivity index is 1.73. The fraction of sp³-hybridized carbons (Fsp3) is 0.893. The van der Waals surface area contributed by atoms with Gasteiger partial charge in [-0.3, -0.25) is 9.63 Å². The standard InChI is InChI=1S/C28H49NO3/c1-9-21-23-12-11-22(19(2)10-13-25(30)29(7)32-8)28(23,6)15-14-24(21)27(5)17-16-26(4,31)18-20(27)3/h19,21-24,31H,3,9-18H2,1-2,4-8H3/t19-,21+,22-,23+,24+,26+,27+,28-/m1/s1. The maximum absolute atomic E-state index is 12.3. The molecule has 0 spiro atoms. The van der Waals surface area contributed by atoms with E-state index in [-0.39, 0.29) is 11.3 Å². The van der Waals surface area contributed by atoms with Crippen molar-refractivity contribution in [3.05, 3.63) is 12.2 Å². The van der Waals surface area contributed by atoms with Gasteiger partial charge in [-0.2, -0.15) is 0 Å². The minimum Gasteiger partial charge on any atom is -0.390 e. The fourth-order valence-corrected chi connectivity index (χ4v) is 8.34. The number of hydrogen-bond acceptors (Lipinski definition) is 3. The molecule has 0 aliphatic heterocycles. The number of carbonyl (C=O) groups is 1. The number of nitrogens with zero attached hydrogens (tertiary/aromatic N) is 1. The summed E-state index contributed by atoms with van der Waals surface area (Å²) in [7, 11) is 3.25. The first kappa shape index (κ1) is 25.7. The number of hydrogen-bond donors (Lipinski definition) is 1. The Bertz CT molecular complexity index is 703. The van der Waals surface area contributed by atoms with Gasteiger partial charge in [0.1, 0.15) is 0 Å². The summed E-state index contributed by atoms with van der Waals surface area (Å²) in [5.74, 6) is 3.52. The molecule has 3 rings (SSSR count). The van der Waals surface area contributed by atoms with Gasteiger partial charge in [-0.1, -0.05) is 46.3 Å². The van der Waals surface area contributed by atoms with Crippen LogP contribution in [0.1, 0.15) is 98.8 Å². The van der Waals surface area contributed by atoms with Crippen molar-refractivity contribution in [2.24, 2.45) is 40.4 Å². The second-order valence-electron chi connectivity index (χ2n) is 12.3. The Labute approximate surface area is 197 Å². The van der Waals surface area contributed by atoms with Gasteiger partial charge in [-0.15, -0.1) is 0 Å². The highest BCUT2D eigenvalue weighted by atomic mass is 16.7. The van der Waals surface area contributed by atoms with E-state index in [2.05, 4.69) is 34.3 Å². The smallest absolute Gasteiger partial charge is 0.245 e. The largest absolute Gasteiger partial charge is 0.390 e. The third kappa shape index (κ3) is 4.56. The molecule has 0 aromatic carbocycles. The van der Waals surface area contributed by atoms with Crippen molar-refractivity contribution in [3.8, 4) is 0 Å². The lowest BCUT2D eigenvalue weighted by Gasteiger charge is -2.57.